The Morgan fingerprint density at radius 3 is 2.36 bits per heavy atom. The molecule has 10 heteroatoms. The molecule has 0 aliphatic heterocycles. The van der Waals surface area contributed by atoms with Crippen LogP contribution in [0, 0.1) is 5.92 Å². The Morgan fingerprint density at radius 2 is 1.76 bits per heavy atom. The van der Waals surface area contributed by atoms with E-state index >= 15 is 0 Å². The van der Waals surface area contributed by atoms with Gasteiger partial charge >= 0.3 is 5.69 Å². The highest BCUT2D eigenvalue weighted by molar-refractivity contribution is 5.98. The molecule has 0 spiro atoms. The molecule has 0 bridgehead atoms. The Balaban J connectivity index is 2.26. The van der Waals surface area contributed by atoms with E-state index in [0.29, 0.717) is 17.5 Å². The Bertz CT molecular complexity index is 1310. The van der Waals surface area contributed by atoms with Gasteiger partial charge in [0.15, 0.2) is 0 Å². The smallest absolute Gasteiger partial charge is 0.352 e. The second-order valence-corrected chi connectivity index (χ2v) is 9.12. The summed E-state index contributed by atoms with van der Waals surface area (Å²) < 4.78 is 3.81. The van der Waals surface area contributed by atoms with Crippen molar-refractivity contribution >= 4 is 28.5 Å². The van der Waals surface area contributed by atoms with Gasteiger partial charge in [-0.15, -0.1) is 5.10 Å². The highest BCUT2D eigenvalue weighted by Gasteiger charge is 2.21. The van der Waals surface area contributed by atoms with Crippen LogP contribution in [0.1, 0.15) is 58.3 Å². The second kappa shape index (κ2) is 9.60. The van der Waals surface area contributed by atoms with Crippen molar-refractivity contribution in [2.45, 2.75) is 73.1 Å². The highest BCUT2D eigenvalue weighted by Crippen LogP contribution is 2.15. The molecule has 0 radical (unpaired) electrons. The fourth-order valence-corrected chi connectivity index (χ4v) is 3.60. The molecule has 2 aromatic heterocycles. The summed E-state index contributed by atoms with van der Waals surface area (Å²) in [5.41, 5.74) is -0.232. The van der Waals surface area contributed by atoms with Crippen LogP contribution in [0.2, 0.25) is 0 Å². The fourth-order valence-electron chi connectivity index (χ4n) is 3.60. The van der Waals surface area contributed by atoms with E-state index in [4.69, 9.17) is 0 Å². The number of amides is 2. The maximum atomic E-state index is 13.3. The van der Waals surface area contributed by atoms with Gasteiger partial charge in [0.25, 0.3) is 11.5 Å². The van der Waals surface area contributed by atoms with Crippen LogP contribution in [0.4, 0.5) is 0 Å². The first-order chi connectivity index (χ1) is 15.5. The predicted octanol–water partition coefficient (Wildman–Crippen LogP) is 1.52. The molecule has 1 atom stereocenters. The van der Waals surface area contributed by atoms with Crippen LogP contribution < -0.4 is 21.9 Å². The van der Waals surface area contributed by atoms with Crippen molar-refractivity contribution in [3.63, 3.8) is 0 Å². The lowest BCUT2D eigenvalue weighted by Crippen LogP contribution is -2.36. The SMILES string of the molecule is CCC(C)NC(=O)c1ccc2c(=O)n(CC(C)C)c3nn(CC(=O)NC(C)C)c(=O)n3c2c1. The largest absolute Gasteiger partial charge is 0.352 e. The molecule has 10 nitrogen and oxygen atoms in total. The number of aromatic nitrogens is 4. The molecule has 2 N–H and O–H groups in total. The fraction of sp³-hybridized carbons (Fsp3) is 0.522. The van der Waals surface area contributed by atoms with E-state index in [-0.39, 0.29) is 53.2 Å². The molecule has 1 unspecified atom stereocenters. The summed E-state index contributed by atoms with van der Waals surface area (Å²) in [7, 11) is 0. The van der Waals surface area contributed by atoms with E-state index in [0.717, 1.165) is 11.1 Å². The summed E-state index contributed by atoms with van der Waals surface area (Å²) in [5.74, 6) is -0.384. The molecular weight excluding hydrogens is 424 g/mol. The number of carbonyl (C=O) groups is 2. The lowest BCUT2D eigenvalue weighted by Gasteiger charge is -2.14. The topological polar surface area (TPSA) is 120 Å². The lowest BCUT2D eigenvalue weighted by molar-refractivity contribution is -0.122. The summed E-state index contributed by atoms with van der Waals surface area (Å²) in [5, 5.41) is 10.3. The zero-order valence-corrected chi connectivity index (χ0v) is 20.0. The van der Waals surface area contributed by atoms with Crippen LogP contribution in [0.5, 0.6) is 0 Å². The minimum Gasteiger partial charge on any atom is -0.352 e. The molecule has 0 aliphatic rings. The number of fused-ring (bicyclic) bond motifs is 3. The first-order valence-electron chi connectivity index (χ1n) is 11.3. The lowest BCUT2D eigenvalue weighted by atomic mass is 10.1. The molecule has 3 rings (SSSR count). The van der Waals surface area contributed by atoms with Crippen molar-refractivity contribution in [1.82, 2.24) is 29.4 Å². The number of nitrogens with one attached hydrogen (secondary N) is 2. The quantitative estimate of drug-likeness (QED) is 0.533. The average Bonchev–Trinajstić information content (AvgIpc) is 3.05. The molecule has 3 aromatic rings. The maximum absolute atomic E-state index is 13.3. The number of nitrogens with zero attached hydrogens (tertiary/aromatic N) is 4. The molecule has 1 aromatic carbocycles. The summed E-state index contributed by atoms with van der Waals surface area (Å²) >= 11 is 0. The first-order valence-corrected chi connectivity index (χ1v) is 11.3. The highest BCUT2D eigenvalue weighted by atomic mass is 16.2. The average molecular weight is 457 g/mol. The molecule has 2 heterocycles. The molecule has 178 valence electrons. The van der Waals surface area contributed by atoms with E-state index in [2.05, 4.69) is 15.7 Å². The van der Waals surface area contributed by atoms with Crippen LogP contribution in [0.25, 0.3) is 16.7 Å². The van der Waals surface area contributed by atoms with E-state index in [1.807, 2.05) is 41.5 Å². The number of rotatable bonds is 8. The molecule has 0 saturated carbocycles. The van der Waals surface area contributed by atoms with Gasteiger partial charge in [-0.1, -0.05) is 20.8 Å². The van der Waals surface area contributed by atoms with Gasteiger partial charge in [0, 0.05) is 24.2 Å². The predicted molar refractivity (Wildman–Crippen MR) is 127 cm³/mol. The van der Waals surface area contributed by atoms with E-state index in [1.165, 1.54) is 15.0 Å². The van der Waals surface area contributed by atoms with Gasteiger partial charge in [-0.3, -0.25) is 19.0 Å². The molecule has 0 aliphatic carbocycles. The number of carbonyl (C=O) groups excluding carboxylic acids is 2. The number of hydrogen-bond acceptors (Lipinski definition) is 5. The van der Waals surface area contributed by atoms with Gasteiger partial charge in [0.2, 0.25) is 11.7 Å². The van der Waals surface area contributed by atoms with Gasteiger partial charge in [0.05, 0.1) is 10.9 Å². The molecular formula is C23H32N6O4. The molecule has 0 saturated heterocycles. The summed E-state index contributed by atoms with van der Waals surface area (Å²) in [4.78, 5) is 51.5. The maximum Gasteiger partial charge on any atom is 0.352 e. The summed E-state index contributed by atoms with van der Waals surface area (Å²) in [6.45, 7) is 11.5. The monoisotopic (exact) mass is 456 g/mol. The van der Waals surface area contributed by atoms with Crippen LogP contribution in [-0.4, -0.2) is 42.6 Å². The Labute approximate surface area is 191 Å². The Hall–Kier alpha value is -3.43. The molecule has 2 amide bonds. The van der Waals surface area contributed by atoms with Crippen molar-refractivity contribution in [3.05, 3.63) is 44.6 Å². The Kier molecular flexibility index (Phi) is 7.04. The van der Waals surface area contributed by atoms with Crippen LogP contribution in [-0.2, 0) is 17.9 Å². The summed E-state index contributed by atoms with van der Waals surface area (Å²) in [6, 6.07) is 4.57. The molecule has 33 heavy (non-hydrogen) atoms. The normalized spacial score (nSPS) is 12.6. The second-order valence-electron chi connectivity index (χ2n) is 9.12. The van der Waals surface area contributed by atoms with Gasteiger partial charge in [-0.25, -0.2) is 13.9 Å². The van der Waals surface area contributed by atoms with E-state index < -0.39 is 5.69 Å². The van der Waals surface area contributed by atoms with Crippen LogP contribution in [0.15, 0.2) is 27.8 Å². The Morgan fingerprint density at radius 1 is 1.06 bits per heavy atom. The van der Waals surface area contributed by atoms with Crippen molar-refractivity contribution in [2.75, 3.05) is 0 Å². The van der Waals surface area contributed by atoms with Crippen molar-refractivity contribution in [2.24, 2.45) is 5.92 Å². The minimum absolute atomic E-state index is 0.0165. The third kappa shape index (κ3) is 4.99. The van der Waals surface area contributed by atoms with Crippen molar-refractivity contribution < 1.29 is 9.59 Å². The summed E-state index contributed by atoms with van der Waals surface area (Å²) in [6.07, 6.45) is 0.772. The van der Waals surface area contributed by atoms with E-state index in [1.54, 1.807) is 12.1 Å². The zero-order chi connectivity index (χ0) is 24.4. The third-order valence-electron chi connectivity index (χ3n) is 5.32. The zero-order valence-electron chi connectivity index (χ0n) is 20.0. The third-order valence-corrected chi connectivity index (χ3v) is 5.32. The number of hydrogen-bond donors (Lipinski definition) is 2. The van der Waals surface area contributed by atoms with Crippen LogP contribution >= 0.6 is 0 Å². The van der Waals surface area contributed by atoms with Gasteiger partial charge < -0.3 is 10.6 Å². The van der Waals surface area contributed by atoms with Crippen LogP contribution in [0.3, 0.4) is 0 Å². The number of benzene rings is 1. The van der Waals surface area contributed by atoms with Crippen molar-refractivity contribution in [3.8, 4) is 0 Å². The standard InChI is InChI=1S/C23H32N6O4/c1-7-15(6)25-20(31)16-8-9-17-18(10-16)29-22(27(21(17)32)11-13(2)3)26-28(23(29)33)12-19(30)24-14(4)5/h8-10,13-15H,7,11-12H2,1-6H3,(H,24,30)(H,25,31). The first kappa shape index (κ1) is 24.2. The van der Waals surface area contributed by atoms with Gasteiger partial charge in [-0.2, -0.15) is 0 Å². The minimum atomic E-state index is -0.550. The van der Waals surface area contributed by atoms with E-state index in [9.17, 15) is 19.2 Å². The van der Waals surface area contributed by atoms with Gasteiger partial charge in [0.1, 0.15) is 6.54 Å². The van der Waals surface area contributed by atoms with Gasteiger partial charge in [-0.05, 0) is 51.3 Å². The molecule has 0 fully saturated rings. The van der Waals surface area contributed by atoms with Crippen molar-refractivity contribution in [1.29, 1.82) is 0 Å².